The minimum absolute atomic E-state index is 0.535. The number of rotatable bonds is 2. The van der Waals surface area contributed by atoms with Gasteiger partial charge in [0.25, 0.3) is 0 Å². The van der Waals surface area contributed by atoms with E-state index in [1.54, 1.807) is 0 Å². The summed E-state index contributed by atoms with van der Waals surface area (Å²) in [5.41, 5.74) is 3.63. The first-order valence-corrected chi connectivity index (χ1v) is 3.74. The van der Waals surface area contributed by atoms with E-state index in [-0.39, 0.29) is 0 Å². The third kappa shape index (κ3) is 1.67. The molecule has 0 atom stereocenters. The monoisotopic (exact) mass is 148 g/mol. The fourth-order valence-electron chi connectivity index (χ4n) is 1.12. The molecule has 58 valence electrons. The first-order valence-electron chi connectivity index (χ1n) is 3.74. The van der Waals surface area contributed by atoms with Crippen molar-refractivity contribution >= 4 is 6.29 Å². The zero-order chi connectivity index (χ0) is 8.27. The summed E-state index contributed by atoms with van der Waals surface area (Å²) >= 11 is 0. The lowest BCUT2D eigenvalue weighted by Crippen LogP contribution is -1.92. The third-order valence-corrected chi connectivity index (χ3v) is 2.02. The van der Waals surface area contributed by atoms with E-state index in [1.807, 2.05) is 19.1 Å². The summed E-state index contributed by atoms with van der Waals surface area (Å²) in [6.45, 7) is 4.11. The quantitative estimate of drug-likeness (QED) is 0.586. The van der Waals surface area contributed by atoms with Gasteiger partial charge in [-0.1, -0.05) is 18.2 Å². The van der Waals surface area contributed by atoms with E-state index in [9.17, 15) is 4.79 Å². The number of hydrogen-bond acceptors (Lipinski definition) is 1. The Morgan fingerprint density at radius 2 is 2.09 bits per heavy atom. The van der Waals surface area contributed by atoms with Crippen LogP contribution in [0.15, 0.2) is 18.2 Å². The highest BCUT2D eigenvalue weighted by Gasteiger charge is 1.97. The molecule has 0 radical (unpaired) electrons. The average Bonchev–Trinajstić information content (AvgIpc) is 1.99. The molecule has 1 rings (SSSR count). The van der Waals surface area contributed by atoms with Crippen LogP contribution in [-0.4, -0.2) is 6.29 Å². The Kier molecular flexibility index (Phi) is 2.42. The van der Waals surface area contributed by atoms with E-state index >= 15 is 0 Å². The summed E-state index contributed by atoms with van der Waals surface area (Å²) < 4.78 is 0. The third-order valence-electron chi connectivity index (χ3n) is 2.02. The SMILES string of the molecule is Cc1cccc(CC=O)c1C. The molecule has 11 heavy (non-hydrogen) atoms. The second kappa shape index (κ2) is 3.33. The van der Waals surface area contributed by atoms with Gasteiger partial charge < -0.3 is 4.79 Å². The van der Waals surface area contributed by atoms with Gasteiger partial charge in [-0.25, -0.2) is 0 Å². The Morgan fingerprint density at radius 1 is 1.36 bits per heavy atom. The molecular formula is C10H12O. The van der Waals surface area contributed by atoms with Crippen molar-refractivity contribution in [3.05, 3.63) is 34.9 Å². The van der Waals surface area contributed by atoms with Crippen LogP contribution in [0.25, 0.3) is 0 Å². The van der Waals surface area contributed by atoms with Crippen molar-refractivity contribution in [2.75, 3.05) is 0 Å². The Labute approximate surface area is 67.1 Å². The van der Waals surface area contributed by atoms with Gasteiger partial charge in [-0.2, -0.15) is 0 Å². The maximum absolute atomic E-state index is 10.2. The van der Waals surface area contributed by atoms with Gasteiger partial charge in [-0.3, -0.25) is 0 Å². The topological polar surface area (TPSA) is 17.1 Å². The first-order chi connectivity index (χ1) is 5.25. The Bertz CT molecular complexity index is 264. The summed E-state index contributed by atoms with van der Waals surface area (Å²) in [6.07, 6.45) is 1.48. The molecule has 0 saturated heterocycles. The van der Waals surface area contributed by atoms with Crippen LogP contribution >= 0.6 is 0 Å². The highest BCUT2D eigenvalue weighted by molar-refractivity contribution is 5.56. The fourth-order valence-corrected chi connectivity index (χ4v) is 1.12. The lowest BCUT2D eigenvalue weighted by Gasteiger charge is -2.03. The highest BCUT2D eigenvalue weighted by Crippen LogP contribution is 2.11. The molecule has 1 aromatic rings. The molecule has 0 aromatic heterocycles. The van der Waals surface area contributed by atoms with Crippen LogP contribution in [0.2, 0.25) is 0 Å². The minimum Gasteiger partial charge on any atom is -0.303 e. The maximum atomic E-state index is 10.2. The normalized spacial score (nSPS) is 9.64. The van der Waals surface area contributed by atoms with Crippen molar-refractivity contribution in [2.24, 2.45) is 0 Å². The van der Waals surface area contributed by atoms with Crippen molar-refractivity contribution in [1.82, 2.24) is 0 Å². The lowest BCUT2D eigenvalue weighted by atomic mass is 10.0. The molecule has 0 heterocycles. The largest absolute Gasteiger partial charge is 0.303 e. The van der Waals surface area contributed by atoms with Crippen molar-refractivity contribution in [3.63, 3.8) is 0 Å². The second-order valence-corrected chi connectivity index (χ2v) is 2.73. The summed E-state index contributed by atoms with van der Waals surface area (Å²) in [5, 5.41) is 0. The van der Waals surface area contributed by atoms with Crippen LogP contribution in [0, 0.1) is 13.8 Å². The predicted octanol–water partition coefficient (Wildman–Crippen LogP) is 2.04. The molecule has 0 bridgehead atoms. The van der Waals surface area contributed by atoms with E-state index in [2.05, 4.69) is 13.0 Å². The second-order valence-electron chi connectivity index (χ2n) is 2.73. The number of hydrogen-bond donors (Lipinski definition) is 0. The summed E-state index contributed by atoms with van der Waals surface area (Å²) in [6, 6.07) is 6.04. The van der Waals surface area contributed by atoms with E-state index in [4.69, 9.17) is 0 Å². The summed E-state index contributed by atoms with van der Waals surface area (Å²) in [7, 11) is 0. The summed E-state index contributed by atoms with van der Waals surface area (Å²) in [5.74, 6) is 0. The van der Waals surface area contributed by atoms with E-state index in [0.29, 0.717) is 6.42 Å². The van der Waals surface area contributed by atoms with Gasteiger partial charge in [-0.05, 0) is 30.5 Å². The molecule has 0 unspecified atom stereocenters. The minimum atomic E-state index is 0.535. The molecule has 1 heteroatoms. The molecule has 0 fully saturated rings. The van der Waals surface area contributed by atoms with Crippen LogP contribution in [0.4, 0.5) is 0 Å². The van der Waals surface area contributed by atoms with Gasteiger partial charge in [0.15, 0.2) is 0 Å². The van der Waals surface area contributed by atoms with Crippen molar-refractivity contribution in [2.45, 2.75) is 20.3 Å². The molecule has 0 spiro atoms. The molecule has 1 aromatic carbocycles. The lowest BCUT2D eigenvalue weighted by molar-refractivity contribution is -0.107. The fraction of sp³-hybridized carbons (Fsp3) is 0.300. The smallest absolute Gasteiger partial charge is 0.124 e. The van der Waals surface area contributed by atoms with Gasteiger partial charge in [0.1, 0.15) is 6.29 Å². The van der Waals surface area contributed by atoms with Crippen LogP contribution < -0.4 is 0 Å². The number of carbonyl (C=O) groups is 1. The molecule has 0 aliphatic rings. The highest BCUT2D eigenvalue weighted by atomic mass is 16.1. The Hall–Kier alpha value is -1.11. The molecule has 1 nitrogen and oxygen atoms in total. The average molecular weight is 148 g/mol. The van der Waals surface area contributed by atoms with Crippen molar-refractivity contribution < 1.29 is 4.79 Å². The van der Waals surface area contributed by atoms with Crippen molar-refractivity contribution in [3.8, 4) is 0 Å². The van der Waals surface area contributed by atoms with Gasteiger partial charge >= 0.3 is 0 Å². The van der Waals surface area contributed by atoms with Gasteiger partial charge in [0, 0.05) is 6.42 Å². The van der Waals surface area contributed by atoms with E-state index < -0.39 is 0 Å². The standard InChI is InChI=1S/C10H12O/c1-8-4-3-5-10(6-7-11)9(8)2/h3-5,7H,6H2,1-2H3. The predicted molar refractivity (Wildman–Crippen MR) is 45.7 cm³/mol. The Balaban J connectivity index is 3.05. The van der Waals surface area contributed by atoms with Gasteiger partial charge in [0.2, 0.25) is 0 Å². The maximum Gasteiger partial charge on any atom is 0.124 e. The Morgan fingerprint density at radius 3 is 2.73 bits per heavy atom. The van der Waals surface area contributed by atoms with Crippen LogP contribution in [0.3, 0.4) is 0 Å². The van der Waals surface area contributed by atoms with Gasteiger partial charge in [-0.15, -0.1) is 0 Å². The molecular weight excluding hydrogens is 136 g/mol. The molecule has 0 amide bonds. The molecule has 0 aliphatic heterocycles. The number of aldehydes is 1. The summed E-state index contributed by atoms with van der Waals surface area (Å²) in [4.78, 5) is 10.2. The van der Waals surface area contributed by atoms with Gasteiger partial charge in [0.05, 0.1) is 0 Å². The van der Waals surface area contributed by atoms with E-state index in [1.165, 1.54) is 11.1 Å². The number of benzene rings is 1. The molecule has 0 aliphatic carbocycles. The number of carbonyl (C=O) groups excluding carboxylic acids is 1. The number of aryl methyl sites for hydroxylation is 1. The zero-order valence-corrected chi connectivity index (χ0v) is 6.92. The van der Waals surface area contributed by atoms with Crippen LogP contribution in [-0.2, 0) is 11.2 Å². The van der Waals surface area contributed by atoms with Crippen molar-refractivity contribution in [1.29, 1.82) is 0 Å². The molecule has 0 saturated carbocycles. The van der Waals surface area contributed by atoms with Crippen LogP contribution in [0.5, 0.6) is 0 Å². The zero-order valence-electron chi connectivity index (χ0n) is 6.92. The molecule has 0 N–H and O–H groups in total. The first kappa shape index (κ1) is 7.99. The van der Waals surface area contributed by atoms with E-state index in [0.717, 1.165) is 11.8 Å². The van der Waals surface area contributed by atoms with Crippen LogP contribution in [0.1, 0.15) is 16.7 Å².